The van der Waals surface area contributed by atoms with E-state index < -0.39 is 6.10 Å². The standard InChI is InChI=1S/C14H15NO/c1-11(16)13-9-5-6-10-14(13)15-12-7-3-2-4-8-12/h2-11,15-16H,1H3. The second-order valence-electron chi connectivity index (χ2n) is 3.75. The van der Waals surface area contributed by atoms with E-state index in [-0.39, 0.29) is 0 Å². The first-order valence-corrected chi connectivity index (χ1v) is 5.36. The van der Waals surface area contributed by atoms with Crippen LogP contribution in [0.5, 0.6) is 0 Å². The quantitative estimate of drug-likeness (QED) is 0.818. The van der Waals surface area contributed by atoms with E-state index in [1.54, 1.807) is 6.92 Å². The number of anilines is 2. The average Bonchev–Trinajstić information content (AvgIpc) is 2.31. The highest BCUT2D eigenvalue weighted by Crippen LogP contribution is 2.25. The number of hydrogen-bond donors (Lipinski definition) is 2. The van der Waals surface area contributed by atoms with Crippen molar-refractivity contribution < 1.29 is 5.11 Å². The first kappa shape index (κ1) is 10.7. The first-order valence-electron chi connectivity index (χ1n) is 5.36. The summed E-state index contributed by atoms with van der Waals surface area (Å²) >= 11 is 0. The molecule has 2 rings (SSSR count). The Bertz CT molecular complexity index is 451. The van der Waals surface area contributed by atoms with Gasteiger partial charge in [0.25, 0.3) is 0 Å². The smallest absolute Gasteiger partial charge is 0.0782 e. The Kier molecular flexibility index (Phi) is 3.22. The van der Waals surface area contributed by atoms with Crippen LogP contribution in [0.3, 0.4) is 0 Å². The molecule has 0 radical (unpaired) electrons. The summed E-state index contributed by atoms with van der Waals surface area (Å²) < 4.78 is 0. The van der Waals surface area contributed by atoms with Gasteiger partial charge in [0.2, 0.25) is 0 Å². The monoisotopic (exact) mass is 213 g/mol. The van der Waals surface area contributed by atoms with Crippen LogP contribution in [-0.2, 0) is 0 Å². The second kappa shape index (κ2) is 4.81. The molecular formula is C14H15NO. The van der Waals surface area contributed by atoms with Crippen LogP contribution in [0, 0.1) is 0 Å². The minimum Gasteiger partial charge on any atom is -0.389 e. The molecule has 0 spiro atoms. The zero-order valence-electron chi connectivity index (χ0n) is 9.22. The third-order valence-corrected chi connectivity index (χ3v) is 2.46. The Hall–Kier alpha value is -1.80. The number of aliphatic hydroxyl groups is 1. The number of nitrogens with one attached hydrogen (secondary N) is 1. The lowest BCUT2D eigenvalue weighted by molar-refractivity contribution is 0.200. The van der Waals surface area contributed by atoms with Crippen LogP contribution < -0.4 is 5.32 Å². The molecule has 0 bridgehead atoms. The lowest BCUT2D eigenvalue weighted by Crippen LogP contribution is -1.98. The predicted molar refractivity (Wildman–Crippen MR) is 66.8 cm³/mol. The Labute approximate surface area is 95.6 Å². The van der Waals surface area contributed by atoms with E-state index in [0.717, 1.165) is 16.9 Å². The van der Waals surface area contributed by atoms with Crippen LogP contribution >= 0.6 is 0 Å². The molecule has 2 aromatic rings. The number of benzene rings is 2. The highest BCUT2D eigenvalue weighted by Gasteiger charge is 2.06. The molecule has 0 aliphatic carbocycles. The highest BCUT2D eigenvalue weighted by atomic mass is 16.3. The number of hydrogen-bond acceptors (Lipinski definition) is 2. The van der Waals surface area contributed by atoms with Gasteiger partial charge in [-0.05, 0) is 25.1 Å². The van der Waals surface area contributed by atoms with Crippen LogP contribution in [0.15, 0.2) is 54.6 Å². The molecular weight excluding hydrogens is 198 g/mol. The van der Waals surface area contributed by atoms with Crippen LogP contribution in [0.1, 0.15) is 18.6 Å². The van der Waals surface area contributed by atoms with Crippen molar-refractivity contribution in [1.82, 2.24) is 0 Å². The largest absolute Gasteiger partial charge is 0.389 e. The molecule has 0 saturated heterocycles. The van der Waals surface area contributed by atoms with Gasteiger partial charge in [-0.25, -0.2) is 0 Å². The first-order chi connectivity index (χ1) is 7.77. The lowest BCUT2D eigenvalue weighted by atomic mass is 10.1. The van der Waals surface area contributed by atoms with Crippen molar-refractivity contribution in [2.24, 2.45) is 0 Å². The van der Waals surface area contributed by atoms with Crippen molar-refractivity contribution in [2.75, 3.05) is 5.32 Å². The summed E-state index contributed by atoms with van der Waals surface area (Å²) in [4.78, 5) is 0. The fourth-order valence-corrected chi connectivity index (χ4v) is 1.65. The summed E-state index contributed by atoms with van der Waals surface area (Å²) in [5.41, 5.74) is 2.88. The molecule has 1 atom stereocenters. The Morgan fingerprint density at radius 2 is 1.56 bits per heavy atom. The molecule has 16 heavy (non-hydrogen) atoms. The van der Waals surface area contributed by atoms with Crippen LogP contribution in [0.25, 0.3) is 0 Å². The summed E-state index contributed by atoms with van der Waals surface area (Å²) in [5.74, 6) is 0. The normalized spacial score (nSPS) is 12.1. The lowest BCUT2D eigenvalue weighted by Gasteiger charge is -2.13. The summed E-state index contributed by atoms with van der Waals surface area (Å²) in [7, 11) is 0. The molecule has 2 nitrogen and oxygen atoms in total. The predicted octanol–water partition coefficient (Wildman–Crippen LogP) is 3.48. The zero-order valence-corrected chi connectivity index (χ0v) is 9.22. The molecule has 0 aromatic heterocycles. The van der Waals surface area contributed by atoms with E-state index in [2.05, 4.69) is 5.32 Å². The van der Waals surface area contributed by atoms with Gasteiger partial charge in [0.1, 0.15) is 0 Å². The van der Waals surface area contributed by atoms with Gasteiger partial charge in [-0.1, -0.05) is 36.4 Å². The molecule has 0 fully saturated rings. The molecule has 0 amide bonds. The Morgan fingerprint density at radius 3 is 2.25 bits per heavy atom. The zero-order chi connectivity index (χ0) is 11.4. The molecule has 0 aliphatic rings. The van der Waals surface area contributed by atoms with Crippen LogP contribution in [0.4, 0.5) is 11.4 Å². The second-order valence-corrected chi connectivity index (χ2v) is 3.75. The Balaban J connectivity index is 2.28. The van der Waals surface area contributed by atoms with Crippen molar-refractivity contribution in [3.8, 4) is 0 Å². The van der Waals surface area contributed by atoms with E-state index in [9.17, 15) is 5.11 Å². The Morgan fingerprint density at radius 1 is 0.938 bits per heavy atom. The minimum atomic E-state index is -0.465. The molecule has 2 N–H and O–H groups in total. The third-order valence-electron chi connectivity index (χ3n) is 2.46. The SMILES string of the molecule is CC(O)c1ccccc1Nc1ccccc1. The third kappa shape index (κ3) is 2.41. The maximum Gasteiger partial charge on any atom is 0.0782 e. The molecule has 2 heteroatoms. The van der Waals surface area contributed by atoms with Gasteiger partial charge in [0.05, 0.1) is 6.10 Å². The van der Waals surface area contributed by atoms with Crippen molar-refractivity contribution in [3.63, 3.8) is 0 Å². The van der Waals surface area contributed by atoms with Gasteiger partial charge in [0.15, 0.2) is 0 Å². The summed E-state index contributed by atoms with van der Waals surface area (Å²) in [6.45, 7) is 1.77. The molecule has 1 unspecified atom stereocenters. The fraction of sp³-hybridized carbons (Fsp3) is 0.143. The van der Waals surface area contributed by atoms with Crippen molar-refractivity contribution in [3.05, 3.63) is 60.2 Å². The average molecular weight is 213 g/mol. The number of para-hydroxylation sites is 2. The van der Waals surface area contributed by atoms with E-state index >= 15 is 0 Å². The van der Waals surface area contributed by atoms with E-state index in [0.29, 0.717) is 0 Å². The van der Waals surface area contributed by atoms with E-state index in [1.807, 2.05) is 54.6 Å². The van der Waals surface area contributed by atoms with Crippen molar-refractivity contribution >= 4 is 11.4 Å². The van der Waals surface area contributed by atoms with Gasteiger partial charge in [-0.2, -0.15) is 0 Å². The molecule has 2 aromatic carbocycles. The van der Waals surface area contributed by atoms with Crippen LogP contribution in [0.2, 0.25) is 0 Å². The fourth-order valence-electron chi connectivity index (χ4n) is 1.65. The minimum absolute atomic E-state index is 0.465. The maximum absolute atomic E-state index is 9.64. The van der Waals surface area contributed by atoms with Crippen LogP contribution in [-0.4, -0.2) is 5.11 Å². The number of rotatable bonds is 3. The molecule has 0 heterocycles. The van der Waals surface area contributed by atoms with E-state index in [4.69, 9.17) is 0 Å². The van der Waals surface area contributed by atoms with Gasteiger partial charge in [0, 0.05) is 16.9 Å². The summed E-state index contributed by atoms with van der Waals surface area (Å²) in [6.07, 6.45) is -0.465. The van der Waals surface area contributed by atoms with Gasteiger partial charge in [-0.15, -0.1) is 0 Å². The number of aliphatic hydroxyl groups excluding tert-OH is 1. The molecule has 0 aliphatic heterocycles. The highest BCUT2D eigenvalue weighted by molar-refractivity contribution is 5.63. The van der Waals surface area contributed by atoms with Gasteiger partial charge < -0.3 is 10.4 Å². The van der Waals surface area contributed by atoms with Gasteiger partial charge in [-0.3, -0.25) is 0 Å². The molecule has 82 valence electrons. The maximum atomic E-state index is 9.64. The van der Waals surface area contributed by atoms with Gasteiger partial charge >= 0.3 is 0 Å². The molecule has 0 saturated carbocycles. The summed E-state index contributed by atoms with van der Waals surface area (Å²) in [6, 6.07) is 17.7. The topological polar surface area (TPSA) is 32.3 Å². The van der Waals surface area contributed by atoms with Crippen molar-refractivity contribution in [2.45, 2.75) is 13.0 Å². The van der Waals surface area contributed by atoms with Crippen molar-refractivity contribution in [1.29, 1.82) is 0 Å². The summed E-state index contributed by atoms with van der Waals surface area (Å²) in [5, 5.41) is 12.9. The van der Waals surface area contributed by atoms with E-state index in [1.165, 1.54) is 0 Å².